The minimum Gasteiger partial charge on any atom is -0.481 e. The summed E-state index contributed by atoms with van der Waals surface area (Å²) in [7, 11) is 0. The number of carbonyl (C=O) groups is 2. The highest BCUT2D eigenvalue weighted by Crippen LogP contribution is 2.31. The van der Waals surface area contributed by atoms with E-state index >= 15 is 0 Å². The van der Waals surface area contributed by atoms with E-state index in [9.17, 15) is 14.7 Å². The van der Waals surface area contributed by atoms with Gasteiger partial charge in [-0.05, 0) is 48.7 Å². The molecule has 1 amide bonds. The van der Waals surface area contributed by atoms with E-state index in [0.717, 1.165) is 28.6 Å². The van der Waals surface area contributed by atoms with Gasteiger partial charge in [0.2, 0.25) is 5.91 Å². The summed E-state index contributed by atoms with van der Waals surface area (Å²) in [5.74, 6) is -1.30. The molecule has 150 valence electrons. The molecule has 6 nitrogen and oxygen atoms in total. The van der Waals surface area contributed by atoms with Gasteiger partial charge in [0.05, 0.1) is 5.92 Å². The Labute approximate surface area is 169 Å². The van der Waals surface area contributed by atoms with Crippen molar-refractivity contribution in [2.24, 2.45) is 5.92 Å². The van der Waals surface area contributed by atoms with Crippen molar-refractivity contribution in [3.63, 3.8) is 0 Å². The van der Waals surface area contributed by atoms with Crippen molar-refractivity contribution in [2.45, 2.75) is 25.2 Å². The number of aromatic amines is 1. The number of amides is 1. The molecule has 29 heavy (non-hydrogen) atoms. The number of anilines is 1. The van der Waals surface area contributed by atoms with Crippen LogP contribution in [0.4, 0.5) is 5.69 Å². The second-order valence-electron chi connectivity index (χ2n) is 7.58. The Hall–Kier alpha value is -3.12. The van der Waals surface area contributed by atoms with E-state index in [4.69, 9.17) is 0 Å². The van der Waals surface area contributed by atoms with E-state index < -0.39 is 11.9 Å². The van der Waals surface area contributed by atoms with E-state index in [2.05, 4.69) is 21.7 Å². The van der Waals surface area contributed by atoms with Crippen LogP contribution in [0.15, 0.2) is 54.7 Å². The highest BCUT2D eigenvalue weighted by molar-refractivity contribution is 5.91. The minimum absolute atomic E-state index is 0.0519. The van der Waals surface area contributed by atoms with Crippen LogP contribution in [0.3, 0.4) is 0 Å². The summed E-state index contributed by atoms with van der Waals surface area (Å²) in [4.78, 5) is 27.3. The van der Waals surface area contributed by atoms with Crippen LogP contribution in [0.1, 0.15) is 29.9 Å². The van der Waals surface area contributed by atoms with Crippen molar-refractivity contribution in [1.29, 1.82) is 0 Å². The van der Waals surface area contributed by atoms with Gasteiger partial charge in [-0.1, -0.05) is 30.3 Å². The van der Waals surface area contributed by atoms with Crippen molar-refractivity contribution < 1.29 is 14.7 Å². The summed E-state index contributed by atoms with van der Waals surface area (Å²) in [6, 6.07) is 15.6. The number of para-hydroxylation sites is 1. The lowest BCUT2D eigenvalue weighted by atomic mass is 9.81. The van der Waals surface area contributed by atoms with Gasteiger partial charge in [0.15, 0.2) is 0 Å². The average molecular weight is 391 g/mol. The zero-order chi connectivity index (χ0) is 20.2. The Bertz CT molecular complexity index is 1030. The van der Waals surface area contributed by atoms with Crippen LogP contribution in [0.25, 0.3) is 10.9 Å². The Kier molecular flexibility index (Phi) is 5.62. The van der Waals surface area contributed by atoms with Crippen molar-refractivity contribution >= 4 is 28.5 Å². The molecule has 2 unspecified atom stereocenters. The standard InChI is InChI=1S/C23H25N3O3/c27-22(9-8-16-13-25-21-7-2-1-6-18(16)21)26-17-5-3-4-15(12-17)20-14-24-11-10-19(20)23(28)29/h1-7,12-13,19-20,24-25H,8-11,14H2,(H,26,27)(H,28,29). The second-order valence-corrected chi connectivity index (χ2v) is 7.58. The first-order valence-corrected chi connectivity index (χ1v) is 10.00. The van der Waals surface area contributed by atoms with Gasteiger partial charge in [-0.3, -0.25) is 9.59 Å². The first kappa shape index (κ1) is 19.2. The van der Waals surface area contributed by atoms with Gasteiger partial charge >= 0.3 is 5.97 Å². The summed E-state index contributed by atoms with van der Waals surface area (Å²) in [6.45, 7) is 1.35. The van der Waals surface area contributed by atoms with E-state index in [1.54, 1.807) is 0 Å². The van der Waals surface area contributed by atoms with E-state index in [1.165, 1.54) is 0 Å². The molecule has 0 radical (unpaired) electrons. The van der Waals surface area contributed by atoms with Crippen molar-refractivity contribution in [3.05, 3.63) is 65.9 Å². The molecule has 4 rings (SSSR count). The largest absolute Gasteiger partial charge is 0.481 e. The Morgan fingerprint density at radius 1 is 1.14 bits per heavy atom. The number of H-pyrrole nitrogens is 1. The number of aromatic nitrogens is 1. The molecule has 2 aromatic carbocycles. The first-order chi connectivity index (χ1) is 14.1. The third-order valence-corrected chi connectivity index (χ3v) is 5.69. The number of carboxylic acid groups (broad SMARTS) is 1. The van der Waals surface area contributed by atoms with Crippen LogP contribution in [0.5, 0.6) is 0 Å². The maximum absolute atomic E-state index is 12.5. The van der Waals surface area contributed by atoms with E-state index in [0.29, 0.717) is 31.5 Å². The molecule has 1 aliphatic heterocycles. The van der Waals surface area contributed by atoms with E-state index in [1.807, 2.05) is 48.7 Å². The average Bonchev–Trinajstić information content (AvgIpc) is 3.15. The highest BCUT2D eigenvalue weighted by Gasteiger charge is 2.31. The van der Waals surface area contributed by atoms with Crippen LogP contribution in [-0.4, -0.2) is 35.1 Å². The van der Waals surface area contributed by atoms with Gasteiger partial charge in [0, 0.05) is 41.7 Å². The highest BCUT2D eigenvalue weighted by atomic mass is 16.4. The predicted octanol–water partition coefficient (Wildman–Crippen LogP) is 3.52. The van der Waals surface area contributed by atoms with Gasteiger partial charge < -0.3 is 20.7 Å². The van der Waals surface area contributed by atoms with Gasteiger partial charge in [-0.25, -0.2) is 0 Å². The molecule has 1 saturated heterocycles. The summed E-state index contributed by atoms with van der Waals surface area (Å²) in [6.07, 6.45) is 3.61. The van der Waals surface area contributed by atoms with Gasteiger partial charge in [-0.2, -0.15) is 0 Å². The fourth-order valence-electron chi connectivity index (χ4n) is 4.16. The smallest absolute Gasteiger partial charge is 0.307 e. The number of aryl methyl sites for hydroxylation is 1. The number of piperidine rings is 1. The zero-order valence-corrected chi connectivity index (χ0v) is 16.2. The molecule has 6 heteroatoms. The third-order valence-electron chi connectivity index (χ3n) is 5.69. The summed E-state index contributed by atoms with van der Waals surface area (Å²) in [5, 5.41) is 16.9. The van der Waals surface area contributed by atoms with Crippen LogP contribution >= 0.6 is 0 Å². The number of hydrogen-bond acceptors (Lipinski definition) is 3. The van der Waals surface area contributed by atoms with Crippen LogP contribution < -0.4 is 10.6 Å². The molecule has 0 spiro atoms. The molecular weight excluding hydrogens is 366 g/mol. The number of fused-ring (bicyclic) bond motifs is 1. The fourth-order valence-corrected chi connectivity index (χ4v) is 4.16. The number of hydrogen-bond donors (Lipinski definition) is 4. The number of carboxylic acids is 1. The Morgan fingerprint density at radius 3 is 2.86 bits per heavy atom. The molecule has 0 aliphatic carbocycles. The molecule has 3 aromatic rings. The van der Waals surface area contributed by atoms with Gasteiger partial charge in [0.1, 0.15) is 0 Å². The summed E-state index contributed by atoms with van der Waals surface area (Å²) < 4.78 is 0. The first-order valence-electron chi connectivity index (χ1n) is 10.00. The molecule has 4 N–H and O–H groups in total. The quantitative estimate of drug-likeness (QED) is 0.517. The van der Waals surface area contributed by atoms with E-state index in [-0.39, 0.29) is 11.8 Å². The molecular formula is C23H25N3O3. The maximum atomic E-state index is 12.5. The lowest BCUT2D eigenvalue weighted by Gasteiger charge is -2.29. The number of nitrogens with one attached hydrogen (secondary N) is 3. The Balaban J connectivity index is 1.41. The topological polar surface area (TPSA) is 94.2 Å². The molecule has 1 fully saturated rings. The van der Waals surface area contributed by atoms with Crippen molar-refractivity contribution in [3.8, 4) is 0 Å². The Morgan fingerprint density at radius 2 is 2.00 bits per heavy atom. The molecule has 1 aromatic heterocycles. The second kappa shape index (κ2) is 8.49. The SMILES string of the molecule is O=C(CCc1c[nH]c2ccccc12)Nc1cccc(C2CNCCC2C(=O)O)c1. The molecule has 2 heterocycles. The number of benzene rings is 2. The van der Waals surface area contributed by atoms with Gasteiger partial charge in [-0.15, -0.1) is 0 Å². The molecule has 0 bridgehead atoms. The normalized spacial score (nSPS) is 19.2. The predicted molar refractivity (Wildman–Crippen MR) is 113 cm³/mol. The summed E-state index contributed by atoms with van der Waals surface area (Å²) >= 11 is 0. The fraction of sp³-hybridized carbons (Fsp3) is 0.304. The number of rotatable bonds is 6. The third kappa shape index (κ3) is 4.32. The van der Waals surface area contributed by atoms with Crippen LogP contribution in [0.2, 0.25) is 0 Å². The lowest BCUT2D eigenvalue weighted by Crippen LogP contribution is -2.38. The molecule has 0 saturated carbocycles. The van der Waals surface area contributed by atoms with Crippen molar-refractivity contribution in [1.82, 2.24) is 10.3 Å². The van der Waals surface area contributed by atoms with Crippen LogP contribution in [-0.2, 0) is 16.0 Å². The monoisotopic (exact) mass is 391 g/mol. The van der Waals surface area contributed by atoms with Crippen molar-refractivity contribution in [2.75, 3.05) is 18.4 Å². The summed E-state index contributed by atoms with van der Waals surface area (Å²) in [5.41, 5.74) is 3.85. The number of aliphatic carboxylic acids is 1. The maximum Gasteiger partial charge on any atom is 0.307 e. The lowest BCUT2D eigenvalue weighted by molar-refractivity contribution is -0.143. The zero-order valence-electron chi connectivity index (χ0n) is 16.2. The number of carbonyl (C=O) groups excluding carboxylic acids is 1. The van der Waals surface area contributed by atoms with Gasteiger partial charge in [0.25, 0.3) is 0 Å². The molecule has 2 atom stereocenters. The van der Waals surface area contributed by atoms with Crippen LogP contribution in [0, 0.1) is 5.92 Å². The minimum atomic E-state index is -0.760. The molecule has 1 aliphatic rings.